The average Bonchev–Trinajstić information content (AvgIpc) is 3.58. The number of hydrogen-bond acceptors (Lipinski definition) is 7. The first kappa shape index (κ1) is 26.5. The lowest BCUT2D eigenvalue weighted by molar-refractivity contribution is -0.149. The van der Waals surface area contributed by atoms with Gasteiger partial charge in [-0.2, -0.15) is 18.3 Å². The SMILES string of the molecule is CC(NC(=O)c1cnn2ccc(-c3c[nH]c4ncnc(NC5CCC(N6CCOCC6)CC5)c34)cc12)C(F)(F)F. The highest BCUT2D eigenvalue weighted by Gasteiger charge is 2.37. The van der Waals surface area contributed by atoms with Crippen LogP contribution in [0.25, 0.3) is 27.7 Å². The number of hydrogen-bond donors (Lipinski definition) is 3. The molecule has 2 aliphatic rings. The maximum atomic E-state index is 13.0. The number of alkyl halides is 3. The zero-order valence-corrected chi connectivity index (χ0v) is 22.0. The largest absolute Gasteiger partial charge is 0.408 e. The van der Waals surface area contributed by atoms with Crippen molar-refractivity contribution >= 4 is 28.3 Å². The van der Waals surface area contributed by atoms with Gasteiger partial charge >= 0.3 is 6.18 Å². The van der Waals surface area contributed by atoms with Crippen molar-refractivity contribution in [2.24, 2.45) is 0 Å². The van der Waals surface area contributed by atoms with Crippen LogP contribution >= 0.6 is 0 Å². The second-order valence-corrected chi connectivity index (χ2v) is 10.5. The number of amides is 1. The molecule has 13 heteroatoms. The Morgan fingerprint density at radius 1 is 1.18 bits per heavy atom. The molecule has 1 aliphatic heterocycles. The summed E-state index contributed by atoms with van der Waals surface area (Å²) in [5.74, 6) is -0.115. The van der Waals surface area contributed by atoms with E-state index in [4.69, 9.17) is 4.74 Å². The summed E-state index contributed by atoms with van der Waals surface area (Å²) in [6.45, 7) is 4.50. The van der Waals surface area contributed by atoms with Crippen LogP contribution in [0.5, 0.6) is 0 Å². The predicted octanol–water partition coefficient (Wildman–Crippen LogP) is 4.01. The summed E-state index contributed by atoms with van der Waals surface area (Å²) in [4.78, 5) is 27.4. The van der Waals surface area contributed by atoms with Crippen molar-refractivity contribution in [3.63, 3.8) is 0 Å². The maximum Gasteiger partial charge on any atom is 0.408 e. The van der Waals surface area contributed by atoms with E-state index < -0.39 is 18.1 Å². The molecule has 0 spiro atoms. The molecule has 40 heavy (non-hydrogen) atoms. The molecule has 10 nitrogen and oxygen atoms in total. The van der Waals surface area contributed by atoms with Gasteiger partial charge in [0.05, 0.1) is 35.9 Å². The smallest absolute Gasteiger partial charge is 0.379 e. The van der Waals surface area contributed by atoms with Gasteiger partial charge in [-0.1, -0.05) is 0 Å². The molecule has 1 unspecified atom stereocenters. The minimum atomic E-state index is -4.54. The molecule has 1 amide bonds. The first-order valence-corrected chi connectivity index (χ1v) is 13.5. The third kappa shape index (κ3) is 5.22. The van der Waals surface area contributed by atoms with Gasteiger partial charge in [-0.05, 0) is 50.3 Å². The van der Waals surface area contributed by atoms with E-state index in [0.29, 0.717) is 17.2 Å². The Kier molecular flexibility index (Phi) is 7.09. The van der Waals surface area contributed by atoms with E-state index in [9.17, 15) is 18.0 Å². The van der Waals surface area contributed by atoms with Crippen LogP contribution in [0.15, 0.2) is 37.1 Å². The van der Waals surface area contributed by atoms with E-state index in [2.05, 4.69) is 30.3 Å². The summed E-state index contributed by atoms with van der Waals surface area (Å²) in [6.07, 6.45) is 6.05. The number of H-pyrrole nitrogens is 1. The highest BCUT2D eigenvalue weighted by molar-refractivity contribution is 6.04. The fraction of sp³-hybridized carbons (Fsp3) is 0.481. The Labute approximate surface area is 228 Å². The van der Waals surface area contributed by atoms with Gasteiger partial charge in [-0.25, -0.2) is 14.5 Å². The second-order valence-electron chi connectivity index (χ2n) is 10.5. The number of carbonyl (C=O) groups is 1. The van der Waals surface area contributed by atoms with E-state index in [-0.39, 0.29) is 11.6 Å². The molecule has 4 aromatic rings. The van der Waals surface area contributed by atoms with Gasteiger partial charge in [-0.15, -0.1) is 0 Å². The number of nitrogens with zero attached hydrogens (tertiary/aromatic N) is 5. The van der Waals surface area contributed by atoms with Crippen molar-refractivity contribution in [2.75, 3.05) is 31.6 Å². The molecule has 0 radical (unpaired) electrons. The Balaban J connectivity index is 1.24. The quantitative estimate of drug-likeness (QED) is 0.329. The Morgan fingerprint density at radius 3 is 2.70 bits per heavy atom. The lowest BCUT2D eigenvalue weighted by atomic mass is 9.90. The number of morpholine rings is 1. The summed E-state index contributed by atoms with van der Waals surface area (Å²) >= 11 is 0. The van der Waals surface area contributed by atoms with Crippen molar-refractivity contribution in [1.29, 1.82) is 0 Å². The van der Waals surface area contributed by atoms with Gasteiger partial charge in [0, 0.05) is 43.1 Å². The number of aromatic nitrogens is 5. The zero-order valence-electron chi connectivity index (χ0n) is 22.0. The standard InChI is InChI=1S/C27H31F3N8O2/c1-16(27(28,29)30)35-26(39)21-14-34-38-7-6-17(12-22(21)38)20-13-31-24-23(20)25(33-15-32-24)36-18-2-4-19(5-3-18)37-8-10-40-11-9-37/h6-7,12-16,18-19H,2-5,8-11H2,1H3,(H,35,39)(H2,31,32,33,36). The Hall–Kier alpha value is -3.71. The molecular weight excluding hydrogens is 525 g/mol. The van der Waals surface area contributed by atoms with Crippen molar-refractivity contribution in [3.8, 4) is 11.1 Å². The minimum absolute atomic E-state index is 0.0596. The molecule has 6 rings (SSSR count). The molecule has 212 valence electrons. The van der Waals surface area contributed by atoms with Crippen LogP contribution in [0.3, 0.4) is 0 Å². The normalized spacial score (nSPS) is 21.5. The van der Waals surface area contributed by atoms with Crippen LogP contribution < -0.4 is 10.6 Å². The van der Waals surface area contributed by atoms with Crippen LogP contribution in [-0.2, 0) is 4.74 Å². The monoisotopic (exact) mass is 556 g/mol. The van der Waals surface area contributed by atoms with Crippen LogP contribution in [0.4, 0.5) is 19.0 Å². The third-order valence-corrected chi connectivity index (χ3v) is 7.99. The molecule has 1 saturated heterocycles. The lowest BCUT2D eigenvalue weighted by Gasteiger charge is -2.39. The highest BCUT2D eigenvalue weighted by atomic mass is 19.4. The number of nitrogens with one attached hydrogen (secondary N) is 3. The van der Waals surface area contributed by atoms with Crippen LogP contribution in [-0.4, -0.2) is 86.0 Å². The number of rotatable bonds is 6. The molecule has 0 aromatic carbocycles. The number of halogens is 3. The van der Waals surface area contributed by atoms with E-state index in [0.717, 1.165) is 81.2 Å². The van der Waals surface area contributed by atoms with E-state index in [1.54, 1.807) is 12.3 Å². The van der Waals surface area contributed by atoms with Gasteiger partial charge in [0.1, 0.15) is 23.8 Å². The van der Waals surface area contributed by atoms with Crippen LogP contribution in [0.2, 0.25) is 0 Å². The average molecular weight is 557 g/mol. The number of ether oxygens (including phenoxy) is 1. The van der Waals surface area contributed by atoms with Crippen LogP contribution in [0.1, 0.15) is 43.0 Å². The summed E-state index contributed by atoms with van der Waals surface area (Å²) in [6, 6.07) is 2.46. The summed E-state index contributed by atoms with van der Waals surface area (Å²) in [5.41, 5.74) is 2.70. The van der Waals surface area contributed by atoms with Gasteiger partial charge in [0.15, 0.2) is 0 Å². The maximum absolute atomic E-state index is 13.0. The van der Waals surface area contributed by atoms with Crippen molar-refractivity contribution in [2.45, 2.75) is 56.9 Å². The fourth-order valence-electron chi connectivity index (χ4n) is 5.70. The van der Waals surface area contributed by atoms with Crippen molar-refractivity contribution in [1.82, 2.24) is 34.8 Å². The lowest BCUT2D eigenvalue weighted by Crippen LogP contribution is -2.46. The summed E-state index contributed by atoms with van der Waals surface area (Å²) < 4.78 is 46.0. The number of fused-ring (bicyclic) bond motifs is 2. The topological polar surface area (TPSA) is 112 Å². The molecule has 0 bridgehead atoms. The predicted molar refractivity (Wildman–Crippen MR) is 143 cm³/mol. The summed E-state index contributed by atoms with van der Waals surface area (Å²) in [7, 11) is 0. The van der Waals surface area contributed by atoms with Gasteiger partial charge < -0.3 is 20.4 Å². The van der Waals surface area contributed by atoms with Crippen LogP contribution in [0, 0.1) is 0 Å². The van der Waals surface area contributed by atoms with Crippen molar-refractivity contribution < 1.29 is 22.7 Å². The molecule has 1 atom stereocenters. The second kappa shape index (κ2) is 10.7. The molecule has 5 heterocycles. The first-order chi connectivity index (χ1) is 19.3. The summed E-state index contributed by atoms with van der Waals surface area (Å²) in [5, 5.41) is 10.6. The minimum Gasteiger partial charge on any atom is -0.379 e. The van der Waals surface area contributed by atoms with E-state index >= 15 is 0 Å². The molecular formula is C27H31F3N8O2. The Morgan fingerprint density at radius 2 is 1.95 bits per heavy atom. The number of pyridine rings is 1. The van der Waals surface area contributed by atoms with Gasteiger partial charge in [-0.3, -0.25) is 9.69 Å². The van der Waals surface area contributed by atoms with Crippen molar-refractivity contribution in [3.05, 3.63) is 42.6 Å². The number of aromatic amines is 1. The van der Waals surface area contributed by atoms with Gasteiger partial charge in [0.25, 0.3) is 5.91 Å². The molecule has 4 aromatic heterocycles. The van der Waals surface area contributed by atoms with E-state index in [1.807, 2.05) is 17.6 Å². The molecule has 3 N–H and O–H groups in total. The van der Waals surface area contributed by atoms with Gasteiger partial charge in [0.2, 0.25) is 0 Å². The number of anilines is 1. The first-order valence-electron chi connectivity index (χ1n) is 13.5. The number of carbonyl (C=O) groups excluding carboxylic acids is 1. The zero-order chi connectivity index (χ0) is 27.9. The molecule has 2 fully saturated rings. The highest BCUT2D eigenvalue weighted by Crippen LogP contribution is 2.35. The third-order valence-electron chi connectivity index (χ3n) is 7.99. The fourth-order valence-corrected chi connectivity index (χ4v) is 5.70. The molecule has 1 aliphatic carbocycles. The molecule has 1 saturated carbocycles. The van der Waals surface area contributed by atoms with E-state index in [1.165, 1.54) is 17.0 Å². The Bertz CT molecular complexity index is 1500.